The van der Waals surface area contributed by atoms with Gasteiger partial charge in [0.15, 0.2) is 0 Å². The van der Waals surface area contributed by atoms with E-state index in [0.717, 1.165) is 6.42 Å². The van der Waals surface area contributed by atoms with Crippen LogP contribution in [0.4, 0.5) is 0 Å². The Hall–Kier alpha value is -0.920. The predicted molar refractivity (Wildman–Crippen MR) is 146 cm³/mol. The fourth-order valence-corrected chi connectivity index (χ4v) is 22.7. The average Bonchev–Trinajstić information content (AvgIpc) is 3.40. The van der Waals surface area contributed by atoms with Gasteiger partial charge >= 0.3 is 213 Å². The third-order valence-corrected chi connectivity index (χ3v) is 21.3. The fourth-order valence-electron chi connectivity index (χ4n) is 5.95. The molecular weight excluding hydrogens is 539 g/mol. The number of halogens is 2. The second-order valence-electron chi connectivity index (χ2n) is 10.1. The summed E-state index contributed by atoms with van der Waals surface area (Å²) in [6, 6.07) is 22.2. The van der Waals surface area contributed by atoms with Gasteiger partial charge in [-0.05, 0) is 0 Å². The van der Waals surface area contributed by atoms with E-state index in [1.54, 1.807) is 5.20 Å². The number of hydrogen-bond acceptors (Lipinski definition) is 0. The zero-order chi connectivity index (χ0) is 23.3. The van der Waals surface area contributed by atoms with Crippen molar-refractivity contribution in [2.75, 3.05) is 0 Å². The molecule has 2 unspecified atom stereocenters. The minimum absolute atomic E-state index is 0.163. The summed E-state index contributed by atoms with van der Waals surface area (Å²) >= 11 is -3.89. The number of fused-ring (bicyclic) bond motifs is 4. The number of hydrogen-bond donors (Lipinski definition) is 0. The molecule has 2 aliphatic rings. The van der Waals surface area contributed by atoms with E-state index in [0.29, 0.717) is 5.92 Å². The molecule has 3 aromatic carbocycles. The van der Waals surface area contributed by atoms with Crippen molar-refractivity contribution >= 4 is 45.4 Å². The summed E-state index contributed by atoms with van der Waals surface area (Å²) in [4.78, 5) is 0. The molecule has 0 heterocycles. The van der Waals surface area contributed by atoms with E-state index in [1.165, 1.54) is 54.7 Å². The Morgan fingerprint density at radius 2 is 1.73 bits per heavy atom. The second-order valence-corrected chi connectivity index (χ2v) is 27.1. The molecule has 4 heteroatoms. The summed E-state index contributed by atoms with van der Waals surface area (Å²) in [5.41, 5.74) is 7.01. The Morgan fingerprint density at radius 1 is 1.00 bits per heavy atom. The van der Waals surface area contributed by atoms with Gasteiger partial charge in [0.25, 0.3) is 0 Å². The first-order valence-electron chi connectivity index (χ1n) is 12.3. The van der Waals surface area contributed by atoms with E-state index >= 15 is 0 Å². The number of benzene rings is 3. The molecule has 0 radical (unpaired) electrons. The van der Waals surface area contributed by atoms with E-state index in [2.05, 4.69) is 93.7 Å². The van der Waals surface area contributed by atoms with E-state index < -0.39 is 26.7 Å². The van der Waals surface area contributed by atoms with Gasteiger partial charge in [-0.15, -0.1) is 0 Å². The zero-order valence-electron chi connectivity index (χ0n) is 20.0. The maximum absolute atomic E-state index is 7.79. The molecule has 0 nitrogen and oxygen atoms in total. The molecule has 3 aromatic rings. The molecule has 2 atom stereocenters. The van der Waals surface area contributed by atoms with Crippen LogP contribution in [0.25, 0.3) is 19.6 Å². The molecule has 33 heavy (non-hydrogen) atoms. The molecule has 170 valence electrons. The first kappa shape index (κ1) is 23.8. The molecule has 0 N–H and O–H groups in total. The van der Waals surface area contributed by atoms with Crippen molar-refractivity contribution in [3.05, 3.63) is 94.2 Å². The van der Waals surface area contributed by atoms with Crippen LogP contribution >= 0.6 is 17.0 Å². The molecule has 0 amide bonds. The quantitative estimate of drug-likeness (QED) is 0.259. The van der Waals surface area contributed by atoms with E-state index in [1.807, 2.05) is 0 Å². The summed E-state index contributed by atoms with van der Waals surface area (Å²) in [6.45, 7) is 9.50. The Kier molecular flexibility index (Phi) is 6.69. The van der Waals surface area contributed by atoms with Crippen LogP contribution in [0.3, 0.4) is 0 Å². The number of rotatable bonds is 6. The van der Waals surface area contributed by atoms with Crippen LogP contribution < -0.4 is 0 Å². The van der Waals surface area contributed by atoms with Crippen molar-refractivity contribution in [1.29, 1.82) is 0 Å². The van der Waals surface area contributed by atoms with E-state index in [9.17, 15) is 0 Å². The molecule has 0 saturated heterocycles. The van der Waals surface area contributed by atoms with Crippen LogP contribution in [0.5, 0.6) is 0 Å². The zero-order valence-corrected chi connectivity index (χ0v) is 25.1. The topological polar surface area (TPSA) is 0 Å². The minimum atomic E-state index is -3.89. The Labute approximate surface area is 211 Å². The molecule has 2 aliphatic carbocycles. The monoisotopic (exact) mass is 568 g/mol. The van der Waals surface area contributed by atoms with Crippen LogP contribution in [0.2, 0.25) is 13.1 Å². The fraction of sp³-hybridized carbons (Fsp3) is 0.310. The summed E-state index contributed by atoms with van der Waals surface area (Å²) in [5.74, 6) is 0.529. The SMILES string of the molecule is CCCC(C)C1=C[CH]([Zr]([Cl])([Cl])[C]2=C([SiH](C)C)Cc3ccc4ccccc4c32)c2ccccc21. The third-order valence-electron chi connectivity index (χ3n) is 7.59. The van der Waals surface area contributed by atoms with Crippen molar-refractivity contribution < 1.29 is 17.9 Å². The standard InChI is InChI=1S/C15H15Si.C14H17.2ClH.Zr/c1-16(2)13-9-12-8-7-11-5-3-4-6-14(11)15(12)10-13;1-3-6-11(2)13-10-9-12-7-4-5-8-14(12)13;;;/h3-8,16H,9H2,1-2H3;4-5,7-11H,3,6H2,1-2H3;2*1H;/q;;;;+2/p-2. The Morgan fingerprint density at radius 3 is 2.48 bits per heavy atom. The number of allylic oxidation sites excluding steroid dienone is 3. The van der Waals surface area contributed by atoms with E-state index in [4.69, 9.17) is 17.0 Å². The molecule has 0 bridgehead atoms. The van der Waals surface area contributed by atoms with Gasteiger partial charge in [0.05, 0.1) is 0 Å². The molecule has 0 saturated carbocycles. The van der Waals surface area contributed by atoms with Gasteiger partial charge in [0.1, 0.15) is 0 Å². The van der Waals surface area contributed by atoms with Crippen LogP contribution in [0.15, 0.2) is 71.9 Å². The normalized spacial score (nSPS) is 18.6. The summed E-state index contributed by atoms with van der Waals surface area (Å²) in [5, 5.41) is 4.21. The van der Waals surface area contributed by atoms with Gasteiger partial charge in [-0.2, -0.15) is 0 Å². The second kappa shape index (κ2) is 9.27. The summed E-state index contributed by atoms with van der Waals surface area (Å²) in [7, 11) is 14.5. The molecule has 0 spiro atoms. The van der Waals surface area contributed by atoms with Gasteiger partial charge in [-0.25, -0.2) is 0 Å². The van der Waals surface area contributed by atoms with Crippen molar-refractivity contribution in [1.82, 2.24) is 0 Å². The van der Waals surface area contributed by atoms with Crippen molar-refractivity contribution in [2.24, 2.45) is 5.92 Å². The third kappa shape index (κ3) is 4.00. The molecular formula is C29H32Cl2SiZr. The molecule has 0 aromatic heterocycles. The Bertz CT molecular complexity index is 1290. The first-order chi connectivity index (χ1) is 15.8. The van der Waals surface area contributed by atoms with Gasteiger partial charge in [-0.1, -0.05) is 0 Å². The van der Waals surface area contributed by atoms with Crippen molar-refractivity contribution in [3.63, 3.8) is 0 Å². The maximum atomic E-state index is 7.79. The van der Waals surface area contributed by atoms with Crippen LogP contribution in [0, 0.1) is 5.92 Å². The van der Waals surface area contributed by atoms with Gasteiger partial charge < -0.3 is 0 Å². The molecule has 0 fully saturated rings. The summed E-state index contributed by atoms with van der Waals surface area (Å²) < 4.78 is 1.57. The molecule has 0 aliphatic heterocycles. The summed E-state index contributed by atoms with van der Waals surface area (Å²) in [6.07, 6.45) is 5.90. The van der Waals surface area contributed by atoms with Crippen LogP contribution in [-0.2, 0) is 24.3 Å². The van der Waals surface area contributed by atoms with Crippen LogP contribution in [0.1, 0.15) is 52.6 Å². The van der Waals surface area contributed by atoms with Crippen molar-refractivity contribution in [3.8, 4) is 0 Å². The Balaban J connectivity index is 1.72. The predicted octanol–water partition coefficient (Wildman–Crippen LogP) is 9.17. The van der Waals surface area contributed by atoms with Crippen LogP contribution in [-0.4, -0.2) is 8.80 Å². The van der Waals surface area contributed by atoms with Crippen molar-refractivity contribution in [2.45, 2.75) is 49.8 Å². The van der Waals surface area contributed by atoms with Gasteiger partial charge in [0, 0.05) is 0 Å². The average molecular weight is 571 g/mol. The first-order valence-corrected chi connectivity index (χ1v) is 24.1. The van der Waals surface area contributed by atoms with E-state index in [-0.39, 0.29) is 3.63 Å². The van der Waals surface area contributed by atoms with Gasteiger partial charge in [-0.3, -0.25) is 0 Å². The molecule has 5 rings (SSSR count). The van der Waals surface area contributed by atoms with Gasteiger partial charge in [0.2, 0.25) is 0 Å².